The third kappa shape index (κ3) is 4.57. The molecule has 0 radical (unpaired) electrons. The van der Waals surface area contributed by atoms with E-state index >= 15 is 0 Å². The van der Waals surface area contributed by atoms with Crippen molar-refractivity contribution in [2.24, 2.45) is 0 Å². The molecule has 5 nitrogen and oxygen atoms in total. The van der Waals surface area contributed by atoms with E-state index < -0.39 is 0 Å². The van der Waals surface area contributed by atoms with Crippen LogP contribution in [0.25, 0.3) is 0 Å². The summed E-state index contributed by atoms with van der Waals surface area (Å²) in [6.07, 6.45) is 2.26. The Kier molecular flexibility index (Phi) is 5.43. The zero-order valence-electron chi connectivity index (χ0n) is 14.1. The van der Waals surface area contributed by atoms with Gasteiger partial charge in [0.05, 0.1) is 16.9 Å². The van der Waals surface area contributed by atoms with Crippen LogP contribution in [0, 0.1) is 5.82 Å². The number of nitrogens with one attached hydrogen (secondary N) is 2. The molecule has 1 aromatic heterocycles. The van der Waals surface area contributed by atoms with Crippen LogP contribution in [0.5, 0.6) is 0 Å². The number of aromatic nitrogens is 1. The van der Waals surface area contributed by atoms with Gasteiger partial charge in [-0.25, -0.2) is 9.37 Å². The highest BCUT2D eigenvalue weighted by Gasteiger charge is 2.08. The molecule has 132 valence electrons. The largest absolute Gasteiger partial charge is 0.397 e. The van der Waals surface area contributed by atoms with Gasteiger partial charge in [-0.15, -0.1) is 0 Å². The van der Waals surface area contributed by atoms with Crippen LogP contribution >= 0.6 is 0 Å². The average Bonchev–Trinajstić information content (AvgIpc) is 2.66. The molecule has 1 heterocycles. The van der Waals surface area contributed by atoms with Gasteiger partial charge in [-0.3, -0.25) is 4.79 Å². The molecule has 0 unspecified atom stereocenters. The molecule has 2 aromatic carbocycles. The van der Waals surface area contributed by atoms with Gasteiger partial charge in [-0.05, 0) is 48.4 Å². The molecule has 0 aliphatic heterocycles. The number of nitrogen functional groups attached to an aromatic ring is 1. The van der Waals surface area contributed by atoms with Gasteiger partial charge < -0.3 is 16.4 Å². The van der Waals surface area contributed by atoms with Crippen molar-refractivity contribution < 1.29 is 9.18 Å². The first-order valence-corrected chi connectivity index (χ1v) is 8.22. The van der Waals surface area contributed by atoms with E-state index in [0.29, 0.717) is 29.3 Å². The number of nitrogens with zero attached hydrogens (tertiary/aromatic N) is 1. The molecule has 0 fully saturated rings. The van der Waals surface area contributed by atoms with E-state index in [1.54, 1.807) is 48.5 Å². The number of para-hydroxylation sites is 2. The second-order valence-corrected chi connectivity index (χ2v) is 5.78. The highest BCUT2D eigenvalue weighted by Crippen LogP contribution is 2.18. The van der Waals surface area contributed by atoms with E-state index in [1.165, 1.54) is 18.3 Å². The fourth-order valence-corrected chi connectivity index (χ4v) is 2.42. The minimum atomic E-state index is -0.270. The minimum absolute atomic E-state index is 0.241. The quantitative estimate of drug-likeness (QED) is 0.592. The second kappa shape index (κ2) is 8.11. The van der Waals surface area contributed by atoms with Crippen LogP contribution < -0.4 is 16.4 Å². The number of amides is 1. The number of hydrogen-bond donors (Lipinski definition) is 3. The van der Waals surface area contributed by atoms with Gasteiger partial charge in [0, 0.05) is 12.7 Å². The van der Waals surface area contributed by atoms with Crippen LogP contribution in [0.15, 0.2) is 66.9 Å². The van der Waals surface area contributed by atoms with E-state index in [1.807, 2.05) is 0 Å². The summed E-state index contributed by atoms with van der Waals surface area (Å²) in [5.74, 6) is 0.158. The number of rotatable bonds is 6. The van der Waals surface area contributed by atoms with Gasteiger partial charge in [-0.1, -0.05) is 24.3 Å². The predicted octanol–water partition coefficient (Wildman–Crippen LogP) is 3.71. The van der Waals surface area contributed by atoms with Crippen LogP contribution in [-0.2, 0) is 6.42 Å². The Balaban J connectivity index is 1.53. The lowest BCUT2D eigenvalue weighted by molar-refractivity contribution is 0.102. The number of halogens is 1. The number of benzene rings is 2. The summed E-state index contributed by atoms with van der Waals surface area (Å²) in [7, 11) is 0. The summed E-state index contributed by atoms with van der Waals surface area (Å²) >= 11 is 0. The van der Waals surface area contributed by atoms with Gasteiger partial charge in [0.1, 0.15) is 11.6 Å². The summed E-state index contributed by atoms with van der Waals surface area (Å²) in [4.78, 5) is 16.5. The fourth-order valence-electron chi connectivity index (χ4n) is 2.42. The van der Waals surface area contributed by atoms with Crippen LogP contribution in [0.1, 0.15) is 15.9 Å². The van der Waals surface area contributed by atoms with Crippen molar-refractivity contribution >= 4 is 23.1 Å². The maximum Gasteiger partial charge on any atom is 0.257 e. The van der Waals surface area contributed by atoms with Crippen LogP contribution in [-0.4, -0.2) is 17.4 Å². The smallest absolute Gasteiger partial charge is 0.257 e. The van der Waals surface area contributed by atoms with Crippen LogP contribution in [0.4, 0.5) is 21.6 Å². The fraction of sp³-hybridized carbons (Fsp3) is 0.100. The van der Waals surface area contributed by atoms with Gasteiger partial charge in [-0.2, -0.15) is 0 Å². The molecule has 1 amide bonds. The lowest BCUT2D eigenvalue weighted by Gasteiger charge is -2.09. The summed E-state index contributed by atoms with van der Waals surface area (Å²) in [5.41, 5.74) is 8.38. The third-order valence-corrected chi connectivity index (χ3v) is 3.87. The van der Waals surface area contributed by atoms with Crippen molar-refractivity contribution in [3.8, 4) is 0 Å². The molecule has 0 bridgehead atoms. The Hall–Kier alpha value is -3.41. The first-order chi connectivity index (χ1) is 12.6. The van der Waals surface area contributed by atoms with Crippen molar-refractivity contribution in [1.29, 1.82) is 0 Å². The van der Waals surface area contributed by atoms with Crippen molar-refractivity contribution in [3.63, 3.8) is 0 Å². The zero-order valence-corrected chi connectivity index (χ0v) is 14.1. The van der Waals surface area contributed by atoms with Crippen molar-refractivity contribution in [3.05, 3.63) is 83.8 Å². The van der Waals surface area contributed by atoms with Crippen molar-refractivity contribution in [2.45, 2.75) is 6.42 Å². The monoisotopic (exact) mass is 350 g/mol. The molecule has 0 spiro atoms. The number of anilines is 3. The molecule has 0 aliphatic carbocycles. The first kappa shape index (κ1) is 17.4. The molecule has 4 N–H and O–H groups in total. The van der Waals surface area contributed by atoms with Crippen molar-refractivity contribution in [2.75, 3.05) is 22.9 Å². The lowest BCUT2D eigenvalue weighted by atomic mass is 10.1. The normalized spacial score (nSPS) is 10.3. The highest BCUT2D eigenvalue weighted by molar-refractivity contribution is 6.05. The molecule has 0 atom stereocenters. The standard InChI is InChI=1S/C20H19FN4O/c21-16-8-5-14(6-9-16)11-12-23-19-10-7-15(13-24-19)20(26)25-18-4-2-1-3-17(18)22/h1-10,13H,11-12,22H2,(H,23,24)(H,25,26). The van der Waals surface area contributed by atoms with E-state index in [0.717, 1.165) is 12.0 Å². The van der Waals surface area contributed by atoms with Gasteiger partial charge in [0.15, 0.2) is 0 Å². The van der Waals surface area contributed by atoms with Gasteiger partial charge in [0.25, 0.3) is 5.91 Å². The Labute approximate surface area is 151 Å². The molecular weight excluding hydrogens is 331 g/mol. The predicted molar refractivity (Wildman–Crippen MR) is 102 cm³/mol. The van der Waals surface area contributed by atoms with E-state index in [-0.39, 0.29) is 11.7 Å². The lowest BCUT2D eigenvalue weighted by Crippen LogP contribution is -2.14. The van der Waals surface area contributed by atoms with Crippen molar-refractivity contribution in [1.82, 2.24) is 4.98 Å². The van der Waals surface area contributed by atoms with E-state index in [4.69, 9.17) is 5.73 Å². The van der Waals surface area contributed by atoms with Gasteiger partial charge in [0.2, 0.25) is 0 Å². The molecule has 3 aromatic rings. The number of carbonyl (C=O) groups is 1. The number of nitrogens with two attached hydrogens (primary N) is 1. The minimum Gasteiger partial charge on any atom is -0.397 e. The summed E-state index contributed by atoms with van der Waals surface area (Å²) in [5, 5.41) is 5.94. The SMILES string of the molecule is Nc1ccccc1NC(=O)c1ccc(NCCc2ccc(F)cc2)nc1. The molecule has 0 saturated carbocycles. The average molecular weight is 350 g/mol. The Bertz CT molecular complexity index is 879. The summed E-state index contributed by atoms with van der Waals surface area (Å²) < 4.78 is 12.9. The number of pyridine rings is 1. The van der Waals surface area contributed by atoms with Crippen LogP contribution in [0.3, 0.4) is 0 Å². The molecule has 6 heteroatoms. The van der Waals surface area contributed by atoms with E-state index in [2.05, 4.69) is 15.6 Å². The molecule has 26 heavy (non-hydrogen) atoms. The van der Waals surface area contributed by atoms with E-state index in [9.17, 15) is 9.18 Å². The topological polar surface area (TPSA) is 80.0 Å². The first-order valence-electron chi connectivity index (χ1n) is 8.22. The molecular formula is C20H19FN4O. The number of hydrogen-bond acceptors (Lipinski definition) is 4. The molecule has 3 rings (SSSR count). The van der Waals surface area contributed by atoms with Crippen LogP contribution in [0.2, 0.25) is 0 Å². The molecule has 0 aliphatic rings. The summed E-state index contributed by atoms with van der Waals surface area (Å²) in [6.45, 7) is 0.657. The Morgan fingerprint density at radius 3 is 2.50 bits per heavy atom. The highest BCUT2D eigenvalue weighted by atomic mass is 19.1. The Morgan fingerprint density at radius 2 is 1.81 bits per heavy atom. The van der Waals surface area contributed by atoms with Gasteiger partial charge >= 0.3 is 0 Å². The molecule has 0 saturated heterocycles. The Morgan fingerprint density at radius 1 is 1.04 bits per heavy atom. The maximum atomic E-state index is 12.9. The maximum absolute atomic E-state index is 12.9. The summed E-state index contributed by atoms with van der Waals surface area (Å²) in [6, 6.07) is 16.9. The third-order valence-electron chi connectivity index (χ3n) is 3.87. The number of carbonyl (C=O) groups excluding carboxylic acids is 1. The zero-order chi connectivity index (χ0) is 18.4. The second-order valence-electron chi connectivity index (χ2n) is 5.78.